The van der Waals surface area contributed by atoms with Crippen LogP contribution in [0.5, 0.6) is 0 Å². The summed E-state index contributed by atoms with van der Waals surface area (Å²) < 4.78 is 0. The van der Waals surface area contributed by atoms with Gasteiger partial charge < -0.3 is 5.73 Å². The SMILES string of the molecule is [NH3+]Cc1cscn1. The molecule has 3 N–H and O–H groups in total. The second kappa shape index (κ2) is 2.04. The van der Waals surface area contributed by atoms with Crippen molar-refractivity contribution in [3.63, 3.8) is 0 Å². The molecule has 0 saturated carbocycles. The molecule has 0 fully saturated rings. The first-order chi connectivity index (χ1) is 3.43. The molecule has 0 radical (unpaired) electrons. The Morgan fingerprint density at radius 3 is 3.00 bits per heavy atom. The molecule has 0 unspecified atom stereocenters. The summed E-state index contributed by atoms with van der Waals surface area (Å²) in [5, 5.41) is 2.01. The van der Waals surface area contributed by atoms with Crippen LogP contribution in [-0.2, 0) is 6.54 Å². The molecule has 1 heterocycles. The van der Waals surface area contributed by atoms with Crippen LogP contribution in [0.4, 0.5) is 0 Å². The van der Waals surface area contributed by atoms with Crippen LogP contribution in [0.3, 0.4) is 0 Å². The lowest BCUT2D eigenvalue weighted by molar-refractivity contribution is -0.387. The van der Waals surface area contributed by atoms with Gasteiger partial charge in [0.25, 0.3) is 0 Å². The van der Waals surface area contributed by atoms with E-state index < -0.39 is 0 Å². The molecule has 0 aliphatic rings. The Balaban J connectivity index is 2.76. The average molecular weight is 115 g/mol. The van der Waals surface area contributed by atoms with E-state index in [9.17, 15) is 0 Å². The van der Waals surface area contributed by atoms with Gasteiger partial charge in [0.1, 0.15) is 12.2 Å². The maximum atomic E-state index is 3.99. The Morgan fingerprint density at radius 1 is 1.86 bits per heavy atom. The van der Waals surface area contributed by atoms with E-state index in [1.54, 1.807) is 11.3 Å². The van der Waals surface area contributed by atoms with E-state index in [4.69, 9.17) is 0 Å². The lowest BCUT2D eigenvalue weighted by atomic mass is 10.5. The molecule has 0 saturated heterocycles. The summed E-state index contributed by atoms with van der Waals surface area (Å²) in [5.74, 6) is 0. The van der Waals surface area contributed by atoms with Gasteiger partial charge in [0.15, 0.2) is 0 Å². The zero-order chi connectivity index (χ0) is 5.11. The lowest BCUT2D eigenvalue weighted by Gasteiger charge is -1.75. The van der Waals surface area contributed by atoms with Crippen LogP contribution in [0.1, 0.15) is 5.69 Å². The summed E-state index contributed by atoms with van der Waals surface area (Å²) >= 11 is 1.61. The summed E-state index contributed by atoms with van der Waals surface area (Å²) in [7, 11) is 0. The predicted molar refractivity (Wildman–Crippen MR) is 28.7 cm³/mol. The summed E-state index contributed by atoms with van der Waals surface area (Å²) in [6.45, 7) is 0.809. The fourth-order valence-corrected chi connectivity index (χ4v) is 0.954. The summed E-state index contributed by atoms with van der Waals surface area (Å²) in [6.07, 6.45) is 0. The van der Waals surface area contributed by atoms with Gasteiger partial charge in [0.2, 0.25) is 0 Å². The number of hydrogen-bond acceptors (Lipinski definition) is 2. The van der Waals surface area contributed by atoms with Crippen molar-refractivity contribution in [2.24, 2.45) is 0 Å². The van der Waals surface area contributed by atoms with Crippen LogP contribution >= 0.6 is 11.3 Å². The number of nitrogens with zero attached hydrogens (tertiary/aromatic N) is 1. The Kier molecular flexibility index (Phi) is 1.38. The van der Waals surface area contributed by atoms with Gasteiger partial charge in [0, 0.05) is 5.38 Å². The van der Waals surface area contributed by atoms with E-state index >= 15 is 0 Å². The zero-order valence-electron chi connectivity index (χ0n) is 3.92. The molecule has 0 amide bonds. The standard InChI is InChI=1S/C4H6N2S/c5-1-4-2-7-3-6-4/h2-3H,1,5H2/p+1. The van der Waals surface area contributed by atoms with Crippen molar-refractivity contribution in [1.29, 1.82) is 0 Å². The molecule has 0 bridgehead atoms. The van der Waals surface area contributed by atoms with E-state index in [0.29, 0.717) is 0 Å². The first-order valence-corrected chi connectivity index (χ1v) is 3.04. The van der Waals surface area contributed by atoms with Crippen molar-refractivity contribution >= 4 is 11.3 Å². The minimum absolute atomic E-state index is 0.809. The quantitative estimate of drug-likeness (QED) is 0.545. The second-order valence-corrected chi connectivity index (χ2v) is 1.95. The van der Waals surface area contributed by atoms with Crippen molar-refractivity contribution in [2.75, 3.05) is 0 Å². The summed E-state index contributed by atoms with van der Waals surface area (Å²) in [4.78, 5) is 3.99. The van der Waals surface area contributed by atoms with Gasteiger partial charge in [-0.25, -0.2) is 4.98 Å². The van der Waals surface area contributed by atoms with Crippen molar-refractivity contribution in [3.8, 4) is 0 Å². The van der Waals surface area contributed by atoms with E-state index in [1.807, 2.05) is 10.9 Å². The molecule has 1 aromatic heterocycles. The van der Waals surface area contributed by atoms with Gasteiger partial charge in [-0.05, 0) is 0 Å². The van der Waals surface area contributed by atoms with Crippen LogP contribution in [-0.4, -0.2) is 4.98 Å². The van der Waals surface area contributed by atoms with Crippen LogP contribution in [0.2, 0.25) is 0 Å². The molecule has 0 spiro atoms. The number of rotatable bonds is 1. The average Bonchev–Trinajstić information content (AvgIpc) is 2.14. The largest absolute Gasteiger partial charge is 0.353 e. The Morgan fingerprint density at radius 2 is 2.71 bits per heavy atom. The molecule has 0 aliphatic heterocycles. The Labute approximate surface area is 46.0 Å². The molecule has 38 valence electrons. The third-order valence-corrected chi connectivity index (χ3v) is 1.37. The highest BCUT2D eigenvalue weighted by molar-refractivity contribution is 7.07. The topological polar surface area (TPSA) is 40.5 Å². The van der Waals surface area contributed by atoms with Crippen LogP contribution in [0.25, 0.3) is 0 Å². The van der Waals surface area contributed by atoms with Gasteiger partial charge in [-0.15, -0.1) is 11.3 Å². The highest BCUT2D eigenvalue weighted by Crippen LogP contribution is 1.96. The maximum absolute atomic E-state index is 3.99. The molecular weight excluding hydrogens is 108 g/mol. The molecule has 0 aliphatic carbocycles. The summed E-state index contributed by atoms with van der Waals surface area (Å²) in [5.41, 5.74) is 6.58. The number of aromatic nitrogens is 1. The number of thiazole rings is 1. The molecule has 0 aromatic carbocycles. The molecule has 3 heteroatoms. The van der Waals surface area contributed by atoms with Crippen LogP contribution < -0.4 is 5.73 Å². The number of hydrogen-bond donors (Lipinski definition) is 1. The molecule has 1 rings (SSSR count). The van der Waals surface area contributed by atoms with Gasteiger partial charge in [-0.3, -0.25) is 0 Å². The van der Waals surface area contributed by atoms with Crippen molar-refractivity contribution in [1.82, 2.24) is 4.98 Å². The fraction of sp³-hybridized carbons (Fsp3) is 0.250. The first-order valence-electron chi connectivity index (χ1n) is 2.10. The van der Waals surface area contributed by atoms with E-state index in [0.717, 1.165) is 12.2 Å². The van der Waals surface area contributed by atoms with Crippen LogP contribution in [0.15, 0.2) is 10.9 Å². The van der Waals surface area contributed by atoms with E-state index in [2.05, 4.69) is 10.7 Å². The third kappa shape index (κ3) is 0.976. The highest BCUT2D eigenvalue weighted by atomic mass is 32.1. The highest BCUT2D eigenvalue weighted by Gasteiger charge is 1.87. The third-order valence-electron chi connectivity index (χ3n) is 0.740. The van der Waals surface area contributed by atoms with Gasteiger partial charge in [-0.1, -0.05) is 0 Å². The van der Waals surface area contributed by atoms with E-state index in [1.165, 1.54) is 0 Å². The van der Waals surface area contributed by atoms with Crippen molar-refractivity contribution in [3.05, 3.63) is 16.6 Å². The minimum Gasteiger partial charge on any atom is -0.353 e. The maximum Gasteiger partial charge on any atom is 0.118 e. The second-order valence-electron chi connectivity index (χ2n) is 1.23. The first kappa shape index (κ1) is 4.74. The summed E-state index contributed by atoms with van der Waals surface area (Å²) in [6, 6.07) is 0. The predicted octanol–water partition coefficient (Wildman–Crippen LogP) is -0.115. The molecule has 1 aromatic rings. The van der Waals surface area contributed by atoms with Crippen molar-refractivity contribution < 1.29 is 5.73 Å². The van der Waals surface area contributed by atoms with Gasteiger partial charge in [-0.2, -0.15) is 0 Å². The molecule has 7 heavy (non-hydrogen) atoms. The van der Waals surface area contributed by atoms with Gasteiger partial charge >= 0.3 is 0 Å². The zero-order valence-corrected chi connectivity index (χ0v) is 4.74. The van der Waals surface area contributed by atoms with Crippen molar-refractivity contribution in [2.45, 2.75) is 6.54 Å². The van der Waals surface area contributed by atoms with Crippen LogP contribution in [0, 0.1) is 0 Å². The van der Waals surface area contributed by atoms with E-state index in [-0.39, 0.29) is 0 Å². The molecule has 0 atom stereocenters. The number of quaternary nitrogens is 1. The lowest BCUT2D eigenvalue weighted by Crippen LogP contribution is -2.47. The fourth-order valence-electron chi connectivity index (χ4n) is 0.361. The van der Waals surface area contributed by atoms with Gasteiger partial charge in [0.05, 0.1) is 5.51 Å². The monoisotopic (exact) mass is 115 g/mol. The normalized spacial score (nSPS) is 9.29. The molecule has 2 nitrogen and oxygen atoms in total. The minimum atomic E-state index is 0.809. The Bertz CT molecular complexity index is 124. The smallest absolute Gasteiger partial charge is 0.118 e. The molecular formula is C4H7N2S+. The Hall–Kier alpha value is -0.410.